The van der Waals surface area contributed by atoms with E-state index < -0.39 is 0 Å². The molecule has 0 unspecified atom stereocenters. The number of aryl methyl sites for hydroxylation is 1. The van der Waals surface area contributed by atoms with Gasteiger partial charge in [0.15, 0.2) is 6.61 Å². The number of rotatable bonds is 9. The van der Waals surface area contributed by atoms with Crippen LogP contribution in [0.1, 0.15) is 16.7 Å². The quantitative estimate of drug-likeness (QED) is 0.333. The highest BCUT2D eigenvalue weighted by Crippen LogP contribution is 2.32. The first-order chi connectivity index (χ1) is 17.8. The second-order valence-electron chi connectivity index (χ2n) is 8.29. The number of carbonyl (C=O) groups is 3. The fraction of sp³-hybridized carbons (Fsp3) is 0.179. The second kappa shape index (κ2) is 12.0. The molecule has 1 N–H and O–H groups in total. The van der Waals surface area contributed by atoms with Crippen molar-refractivity contribution < 1.29 is 23.9 Å². The van der Waals surface area contributed by atoms with Crippen LogP contribution in [0.15, 0.2) is 71.6 Å². The van der Waals surface area contributed by atoms with Gasteiger partial charge in [0.05, 0.1) is 11.4 Å². The summed E-state index contributed by atoms with van der Waals surface area (Å²) in [6.07, 6.45) is 1.63. The zero-order valence-electron chi connectivity index (χ0n) is 20.3. The predicted octanol–water partition coefficient (Wildman–Crippen LogP) is 6.09. The average Bonchev–Trinajstić information content (AvgIpc) is 3.14. The molecule has 0 spiro atoms. The van der Waals surface area contributed by atoms with Crippen molar-refractivity contribution in [2.45, 2.75) is 13.8 Å². The number of nitrogens with zero attached hydrogens (tertiary/aromatic N) is 1. The number of hydrogen-bond acceptors (Lipinski definition) is 6. The molecule has 1 aliphatic heterocycles. The van der Waals surface area contributed by atoms with Gasteiger partial charge < -0.3 is 14.8 Å². The highest BCUT2D eigenvalue weighted by molar-refractivity contribution is 8.18. The van der Waals surface area contributed by atoms with E-state index in [4.69, 9.17) is 21.1 Å². The lowest BCUT2D eigenvalue weighted by Gasteiger charge is -2.13. The van der Waals surface area contributed by atoms with E-state index in [1.54, 1.807) is 54.6 Å². The molecule has 190 valence electrons. The fourth-order valence-corrected chi connectivity index (χ4v) is 4.54. The van der Waals surface area contributed by atoms with E-state index in [1.807, 2.05) is 32.0 Å². The second-order valence-corrected chi connectivity index (χ2v) is 9.72. The minimum absolute atomic E-state index is 0.128. The van der Waals surface area contributed by atoms with Crippen LogP contribution < -0.4 is 14.8 Å². The summed E-state index contributed by atoms with van der Waals surface area (Å²) >= 11 is 6.74. The summed E-state index contributed by atoms with van der Waals surface area (Å²) in [4.78, 5) is 39.0. The van der Waals surface area contributed by atoms with Crippen molar-refractivity contribution in [3.8, 4) is 11.5 Å². The molecule has 0 aliphatic carbocycles. The van der Waals surface area contributed by atoms with Gasteiger partial charge in [-0.25, -0.2) is 0 Å². The highest BCUT2D eigenvalue weighted by atomic mass is 35.5. The zero-order valence-corrected chi connectivity index (χ0v) is 21.9. The summed E-state index contributed by atoms with van der Waals surface area (Å²) in [5.41, 5.74) is 3.51. The van der Waals surface area contributed by atoms with Crippen LogP contribution >= 0.6 is 23.4 Å². The van der Waals surface area contributed by atoms with Crippen LogP contribution in [0, 0.1) is 13.8 Å². The lowest BCUT2D eigenvalue weighted by Crippen LogP contribution is -2.32. The van der Waals surface area contributed by atoms with Crippen molar-refractivity contribution in [3.05, 3.63) is 93.3 Å². The minimum Gasteiger partial charge on any atom is -0.492 e. The maximum Gasteiger partial charge on any atom is 0.293 e. The van der Waals surface area contributed by atoms with Gasteiger partial charge in [0, 0.05) is 10.7 Å². The molecule has 1 saturated heterocycles. The van der Waals surface area contributed by atoms with Gasteiger partial charge in [0.1, 0.15) is 18.1 Å². The van der Waals surface area contributed by atoms with E-state index >= 15 is 0 Å². The number of ether oxygens (including phenoxy) is 2. The van der Waals surface area contributed by atoms with E-state index in [0.29, 0.717) is 27.0 Å². The first-order valence-electron chi connectivity index (χ1n) is 11.5. The molecule has 3 aromatic carbocycles. The van der Waals surface area contributed by atoms with Gasteiger partial charge >= 0.3 is 0 Å². The largest absolute Gasteiger partial charge is 0.492 e. The maximum absolute atomic E-state index is 12.8. The number of anilines is 1. The van der Waals surface area contributed by atoms with Gasteiger partial charge in [-0.15, -0.1) is 0 Å². The molecule has 0 saturated carbocycles. The van der Waals surface area contributed by atoms with Crippen LogP contribution in [0.4, 0.5) is 10.5 Å². The van der Waals surface area contributed by atoms with Crippen LogP contribution in [0.2, 0.25) is 5.02 Å². The molecule has 7 nitrogen and oxygen atoms in total. The fourth-order valence-electron chi connectivity index (χ4n) is 3.55. The molecule has 4 rings (SSSR count). The number of nitrogens with one attached hydrogen (secondary N) is 1. The van der Waals surface area contributed by atoms with Crippen molar-refractivity contribution in [2.75, 3.05) is 25.1 Å². The Balaban J connectivity index is 1.32. The van der Waals surface area contributed by atoms with Gasteiger partial charge in [-0.1, -0.05) is 35.9 Å². The van der Waals surface area contributed by atoms with Crippen LogP contribution in [-0.4, -0.2) is 41.7 Å². The lowest BCUT2D eigenvalue weighted by molar-refractivity contribution is -0.123. The van der Waals surface area contributed by atoms with Gasteiger partial charge in [-0.3, -0.25) is 19.3 Å². The molecule has 1 heterocycles. The number of carbonyl (C=O) groups excluding carboxylic acids is 3. The third kappa shape index (κ3) is 6.93. The Morgan fingerprint density at radius 2 is 1.76 bits per heavy atom. The number of thioether (sulfide) groups is 1. The predicted molar refractivity (Wildman–Crippen MR) is 146 cm³/mol. The normalized spacial score (nSPS) is 14.2. The third-order valence-electron chi connectivity index (χ3n) is 5.68. The van der Waals surface area contributed by atoms with Crippen molar-refractivity contribution >= 4 is 52.2 Å². The molecule has 0 bridgehead atoms. The van der Waals surface area contributed by atoms with Gasteiger partial charge in [-0.2, -0.15) is 0 Å². The third-order valence-corrected chi connectivity index (χ3v) is 6.83. The highest BCUT2D eigenvalue weighted by Gasteiger charge is 2.34. The molecular formula is C28H25ClN2O5S. The topological polar surface area (TPSA) is 84.9 Å². The number of halogens is 1. The van der Waals surface area contributed by atoms with Crippen LogP contribution in [0.5, 0.6) is 11.5 Å². The SMILES string of the molecule is Cc1cccc(NC(=O)COc2cccc(/C=C3\SC(=O)N(CCOc4ccc(Cl)cc4)C3=O)c2)c1C. The number of benzene rings is 3. The van der Waals surface area contributed by atoms with Gasteiger partial charge in [0.25, 0.3) is 17.1 Å². The minimum atomic E-state index is -0.381. The number of hydrogen-bond donors (Lipinski definition) is 1. The molecule has 0 atom stereocenters. The van der Waals surface area contributed by atoms with Crippen LogP contribution in [0.3, 0.4) is 0 Å². The first kappa shape index (κ1) is 26.3. The Bertz CT molecular complexity index is 1360. The van der Waals surface area contributed by atoms with Gasteiger partial charge in [0.2, 0.25) is 0 Å². The van der Waals surface area contributed by atoms with Crippen molar-refractivity contribution in [2.24, 2.45) is 0 Å². The van der Waals surface area contributed by atoms with E-state index in [2.05, 4.69) is 5.32 Å². The zero-order chi connectivity index (χ0) is 26.4. The van der Waals surface area contributed by atoms with Gasteiger partial charge in [-0.05, 0) is 90.8 Å². The Hall–Kier alpha value is -3.75. The van der Waals surface area contributed by atoms with Crippen molar-refractivity contribution in [3.63, 3.8) is 0 Å². The van der Waals surface area contributed by atoms with E-state index in [9.17, 15) is 14.4 Å². The van der Waals surface area contributed by atoms with Crippen LogP contribution in [0.25, 0.3) is 6.08 Å². The van der Waals surface area contributed by atoms with Crippen LogP contribution in [-0.2, 0) is 9.59 Å². The lowest BCUT2D eigenvalue weighted by atomic mass is 10.1. The molecule has 3 amide bonds. The molecule has 0 radical (unpaired) electrons. The monoisotopic (exact) mass is 536 g/mol. The maximum atomic E-state index is 12.8. The molecule has 1 aliphatic rings. The van der Waals surface area contributed by atoms with E-state index in [1.165, 1.54) is 0 Å². The Morgan fingerprint density at radius 3 is 2.54 bits per heavy atom. The Morgan fingerprint density at radius 1 is 1.00 bits per heavy atom. The summed E-state index contributed by atoms with van der Waals surface area (Å²) < 4.78 is 11.3. The smallest absolute Gasteiger partial charge is 0.293 e. The summed E-state index contributed by atoms with van der Waals surface area (Å²) in [5.74, 6) is 0.418. The molecule has 3 aromatic rings. The van der Waals surface area contributed by atoms with E-state index in [0.717, 1.165) is 33.5 Å². The molecule has 37 heavy (non-hydrogen) atoms. The van der Waals surface area contributed by atoms with E-state index in [-0.39, 0.29) is 36.8 Å². The Labute approximate surface area is 224 Å². The van der Waals surface area contributed by atoms with Crippen molar-refractivity contribution in [1.82, 2.24) is 4.90 Å². The first-order valence-corrected chi connectivity index (χ1v) is 12.7. The Kier molecular flexibility index (Phi) is 8.53. The molecule has 0 aromatic heterocycles. The molecule has 1 fully saturated rings. The average molecular weight is 537 g/mol. The standard InChI is InChI=1S/C28H25ClN2O5S/c1-18-5-3-8-24(19(18)2)30-26(32)17-36-23-7-4-6-20(15-23)16-25-27(33)31(28(34)37-25)13-14-35-22-11-9-21(29)10-12-22/h3-12,15-16H,13-14,17H2,1-2H3,(H,30,32)/b25-16-. The summed E-state index contributed by atoms with van der Waals surface area (Å²) in [7, 11) is 0. The van der Waals surface area contributed by atoms with Crippen molar-refractivity contribution in [1.29, 1.82) is 0 Å². The summed E-state index contributed by atoms with van der Waals surface area (Å²) in [6, 6.07) is 19.5. The number of imide groups is 1. The molecular weight excluding hydrogens is 512 g/mol. The molecule has 9 heteroatoms. The summed E-state index contributed by atoms with van der Waals surface area (Å²) in [6.45, 7) is 4.06. The number of amides is 3. The summed E-state index contributed by atoms with van der Waals surface area (Å²) in [5, 5.41) is 3.10.